The molecule has 26 heavy (non-hydrogen) atoms. The number of ether oxygens (including phenoxy) is 2. The Bertz CT molecular complexity index is 728. The summed E-state index contributed by atoms with van der Waals surface area (Å²) in [6.07, 6.45) is 0. The van der Waals surface area contributed by atoms with Gasteiger partial charge in [-0.05, 0) is 12.1 Å². The number of sulfonamides is 1. The van der Waals surface area contributed by atoms with Crippen molar-refractivity contribution in [3.8, 4) is 0 Å². The lowest BCUT2D eigenvalue weighted by Gasteiger charge is -2.34. The molecular formula is C15H21N3O7S. The molecule has 1 saturated heterocycles. The van der Waals surface area contributed by atoms with Crippen LogP contribution in [0.1, 0.15) is 0 Å². The largest absolute Gasteiger partial charge is 0.382 e. The highest BCUT2D eigenvalue weighted by atomic mass is 32.2. The molecule has 0 atom stereocenters. The van der Waals surface area contributed by atoms with E-state index < -0.39 is 14.9 Å². The summed E-state index contributed by atoms with van der Waals surface area (Å²) in [7, 11) is -2.22. The van der Waals surface area contributed by atoms with Gasteiger partial charge in [0.25, 0.3) is 5.69 Å². The predicted molar refractivity (Wildman–Crippen MR) is 91.1 cm³/mol. The maximum absolute atomic E-state index is 12.6. The molecule has 0 spiro atoms. The van der Waals surface area contributed by atoms with Crippen LogP contribution in [0.15, 0.2) is 29.2 Å². The Hall–Kier alpha value is -2.08. The van der Waals surface area contributed by atoms with Crippen LogP contribution < -0.4 is 0 Å². The molecule has 0 aliphatic carbocycles. The van der Waals surface area contributed by atoms with Gasteiger partial charge in [-0.3, -0.25) is 14.9 Å². The average Bonchev–Trinajstić information content (AvgIpc) is 2.65. The zero-order valence-electron chi connectivity index (χ0n) is 14.4. The molecule has 1 aliphatic rings. The van der Waals surface area contributed by atoms with E-state index in [0.29, 0.717) is 13.2 Å². The van der Waals surface area contributed by atoms with Crippen LogP contribution in [0.25, 0.3) is 0 Å². The fourth-order valence-electron chi connectivity index (χ4n) is 2.46. The van der Waals surface area contributed by atoms with Gasteiger partial charge in [0.2, 0.25) is 15.9 Å². The SMILES string of the molecule is COCCOCC(=O)N1CCN(S(=O)(=O)c2ccc([N+](=O)[O-])cc2)CC1. The predicted octanol–water partition coefficient (Wildman–Crippen LogP) is 0.0907. The molecular weight excluding hydrogens is 366 g/mol. The quantitative estimate of drug-likeness (QED) is 0.352. The summed E-state index contributed by atoms with van der Waals surface area (Å²) in [5.41, 5.74) is -0.173. The number of methoxy groups -OCH3 is 1. The number of carbonyl (C=O) groups is 1. The highest BCUT2D eigenvalue weighted by Gasteiger charge is 2.30. The first-order chi connectivity index (χ1) is 12.4. The summed E-state index contributed by atoms with van der Waals surface area (Å²) in [4.78, 5) is 23.6. The molecule has 0 N–H and O–H groups in total. The van der Waals surface area contributed by atoms with Crippen LogP contribution in [0.5, 0.6) is 0 Å². The van der Waals surface area contributed by atoms with Crippen molar-refractivity contribution in [3.63, 3.8) is 0 Å². The van der Waals surface area contributed by atoms with Gasteiger partial charge in [-0.15, -0.1) is 0 Å². The van der Waals surface area contributed by atoms with Gasteiger partial charge in [-0.1, -0.05) is 0 Å². The molecule has 10 nitrogen and oxygen atoms in total. The molecule has 144 valence electrons. The van der Waals surface area contributed by atoms with Gasteiger partial charge in [0.1, 0.15) is 6.61 Å². The second-order valence-electron chi connectivity index (χ2n) is 5.58. The van der Waals surface area contributed by atoms with E-state index in [1.807, 2.05) is 0 Å². The van der Waals surface area contributed by atoms with E-state index in [1.165, 1.54) is 23.5 Å². The molecule has 0 saturated carbocycles. The number of hydrogen-bond donors (Lipinski definition) is 0. The average molecular weight is 387 g/mol. The second-order valence-corrected chi connectivity index (χ2v) is 7.52. The van der Waals surface area contributed by atoms with E-state index in [9.17, 15) is 23.3 Å². The van der Waals surface area contributed by atoms with E-state index in [4.69, 9.17) is 9.47 Å². The monoisotopic (exact) mass is 387 g/mol. The molecule has 1 aliphatic heterocycles. The number of non-ortho nitro benzene ring substituents is 1. The lowest BCUT2D eigenvalue weighted by Crippen LogP contribution is -2.51. The first kappa shape index (κ1) is 20.2. The van der Waals surface area contributed by atoms with Crippen molar-refractivity contribution in [2.24, 2.45) is 0 Å². The molecule has 0 unspecified atom stereocenters. The fourth-order valence-corrected chi connectivity index (χ4v) is 3.88. The Morgan fingerprint density at radius 3 is 2.31 bits per heavy atom. The Balaban J connectivity index is 1.91. The molecule has 11 heteroatoms. The van der Waals surface area contributed by atoms with E-state index in [-0.39, 0.29) is 49.3 Å². The molecule has 1 fully saturated rings. The number of nitro groups is 1. The summed E-state index contributed by atoms with van der Waals surface area (Å²) in [6, 6.07) is 4.75. The van der Waals surface area contributed by atoms with Gasteiger partial charge in [-0.2, -0.15) is 4.31 Å². The van der Waals surface area contributed by atoms with Crippen molar-refractivity contribution in [2.45, 2.75) is 4.90 Å². The summed E-state index contributed by atoms with van der Waals surface area (Å²) >= 11 is 0. The topological polar surface area (TPSA) is 119 Å². The number of carbonyl (C=O) groups excluding carboxylic acids is 1. The molecule has 0 radical (unpaired) electrons. The van der Waals surface area contributed by atoms with Crippen molar-refractivity contribution < 1.29 is 27.6 Å². The van der Waals surface area contributed by atoms with Gasteiger partial charge in [-0.25, -0.2) is 8.42 Å². The molecule has 1 aromatic carbocycles. The number of amides is 1. The van der Waals surface area contributed by atoms with E-state index >= 15 is 0 Å². The van der Waals surface area contributed by atoms with E-state index in [1.54, 1.807) is 4.90 Å². The van der Waals surface area contributed by atoms with Gasteiger partial charge >= 0.3 is 0 Å². The zero-order chi connectivity index (χ0) is 19.2. The van der Waals surface area contributed by atoms with Gasteiger partial charge in [0.15, 0.2) is 0 Å². The van der Waals surface area contributed by atoms with Crippen LogP contribution >= 0.6 is 0 Å². The minimum Gasteiger partial charge on any atom is -0.382 e. The van der Waals surface area contributed by atoms with Crippen LogP contribution in [0.4, 0.5) is 5.69 Å². The highest BCUT2D eigenvalue weighted by molar-refractivity contribution is 7.89. The van der Waals surface area contributed by atoms with Crippen molar-refractivity contribution in [3.05, 3.63) is 34.4 Å². The van der Waals surface area contributed by atoms with Crippen LogP contribution in [-0.2, 0) is 24.3 Å². The third-order valence-electron chi connectivity index (χ3n) is 3.93. The minimum absolute atomic E-state index is 0.00854. The molecule has 0 bridgehead atoms. The lowest BCUT2D eigenvalue weighted by atomic mass is 10.3. The van der Waals surface area contributed by atoms with E-state index in [0.717, 1.165) is 12.1 Å². The van der Waals surface area contributed by atoms with Crippen LogP contribution in [0.2, 0.25) is 0 Å². The van der Waals surface area contributed by atoms with Crippen LogP contribution in [-0.4, -0.2) is 81.6 Å². The number of rotatable bonds is 8. The number of nitro benzene ring substituents is 1. The van der Waals surface area contributed by atoms with Crippen molar-refractivity contribution in [1.29, 1.82) is 0 Å². The molecule has 1 amide bonds. The van der Waals surface area contributed by atoms with Crippen molar-refractivity contribution in [1.82, 2.24) is 9.21 Å². The first-order valence-electron chi connectivity index (χ1n) is 7.95. The minimum atomic E-state index is -3.75. The maximum Gasteiger partial charge on any atom is 0.269 e. The molecule has 1 aromatic rings. The van der Waals surface area contributed by atoms with Crippen LogP contribution in [0.3, 0.4) is 0 Å². The number of nitrogens with zero attached hydrogens (tertiary/aromatic N) is 3. The second kappa shape index (κ2) is 9.03. The number of hydrogen-bond acceptors (Lipinski definition) is 7. The van der Waals surface area contributed by atoms with E-state index in [2.05, 4.69) is 0 Å². The Morgan fingerprint density at radius 2 is 1.77 bits per heavy atom. The zero-order valence-corrected chi connectivity index (χ0v) is 15.2. The summed E-state index contributed by atoms with van der Waals surface area (Å²) < 4.78 is 36.5. The van der Waals surface area contributed by atoms with Crippen molar-refractivity contribution >= 4 is 21.6 Å². The normalized spacial score (nSPS) is 15.8. The first-order valence-corrected chi connectivity index (χ1v) is 9.39. The Labute approximate surface area is 151 Å². The van der Waals surface area contributed by atoms with Gasteiger partial charge in [0.05, 0.1) is 23.0 Å². The van der Waals surface area contributed by atoms with Crippen LogP contribution in [0, 0.1) is 10.1 Å². The smallest absolute Gasteiger partial charge is 0.269 e. The molecule has 2 rings (SSSR count). The Kier molecular flexibility index (Phi) is 7.03. The number of benzene rings is 1. The fraction of sp³-hybridized carbons (Fsp3) is 0.533. The summed E-state index contributed by atoms with van der Waals surface area (Å²) in [5, 5.41) is 10.7. The highest BCUT2D eigenvalue weighted by Crippen LogP contribution is 2.20. The third-order valence-corrected chi connectivity index (χ3v) is 5.85. The molecule has 1 heterocycles. The number of piperazine rings is 1. The summed E-state index contributed by atoms with van der Waals surface area (Å²) in [6.45, 7) is 1.48. The lowest BCUT2D eigenvalue weighted by molar-refractivity contribution is -0.384. The van der Waals surface area contributed by atoms with Crippen molar-refractivity contribution in [2.75, 3.05) is 53.1 Å². The van der Waals surface area contributed by atoms with Gasteiger partial charge < -0.3 is 14.4 Å². The molecule has 0 aromatic heterocycles. The van der Waals surface area contributed by atoms with Gasteiger partial charge in [0, 0.05) is 45.4 Å². The standard InChI is InChI=1S/C15H21N3O7S/c1-24-10-11-25-12-15(19)16-6-8-17(9-7-16)26(22,23)14-4-2-13(3-5-14)18(20)21/h2-5H,6-12H2,1H3. The Morgan fingerprint density at radius 1 is 1.15 bits per heavy atom. The summed E-state index contributed by atoms with van der Waals surface area (Å²) in [5.74, 6) is -0.200. The maximum atomic E-state index is 12.6. The third kappa shape index (κ3) is 4.97.